The molecule has 1 aromatic carbocycles. The van der Waals surface area contributed by atoms with Crippen molar-refractivity contribution in [2.45, 2.75) is 32.9 Å². The van der Waals surface area contributed by atoms with E-state index in [1.54, 1.807) is 6.20 Å². The van der Waals surface area contributed by atoms with E-state index in [2.05, 4.69) is 20.6 Å². The number of guanidine groups is 1. The third-order valence-corrected chi connectivity index (χ3v) is 4.62. The van der Waals surface area contributed by atoms with Gasteiger partial charge in [-0.2, -0.15) is 0 Å². The van der Waals surface area contributed by atoms with Crippen molar-refractivity contribution in [1.82, 2.24) is 15.6 Å². The van der Waals surface area contributed by atoms with Crippen molar-refractivity contribution in [2.24, 2.45) is 10.9 Å². The first kappa shape index (κ1) is 21.5. The molecular formula is C21H27IN4O3. The Kier molecular flexibility index (Phi) is 7.79. The summed E-state index contributed by atoms with van der Waals surface area (Å²) in [6.45, 7) is 5.09. The zero-order valence-corrected chi connectivity index (χ0v) is 18.8. The summed E-state index contributed by atoms with van der Waals surface area (Å²) < 4.78 is 16.5. The highest BCUT2D eigenvalue weighted by molar-refractivity contribution is 14.0. The minimum atomic E-state index is 0. The number of benzene rings is 1. The highest BCUT2D eigenvalue weighted by Crippen LogP contribution is 2.32. The van der Waals surface area contributed by atoms with E-state index in [0.29, 0.717) is 24.9 Å². The normalized spacial score (nSPS) is 14.9. The maximum absolute atomic E-state index is 5.76. The van der Waals surface area contributed by atoms with Crippen LogP contribution in [0.5, 0.6) is 17.4 Å². The minimum Gasteiger partial charge on any atom is -0.477 e. The van der Waals surface area contributed by atoms with Crippen LogP contribution in [0.1, 0.15) is 30.9 Å². The second kappa shape index (κ2) is 10.5. The molecule has 0 saturated heterocycles. The summed E-state index contributed by atoms with van der Waals surface area (Å²) in [7, 11) is 0. The molecule has 7 nitrogen and oxygen atoms in total. The lowest BCUT2D eigenvalue weighted by Crippen LogP contribution is -2.36. The molecule has 2 aromatic rings. The number of aromatic nitrogens is 1. The summed E-state index contributed by atoms with van der Waals surface area (Å²) in [5.41, 5.74) is 2.18. The summed E-state index contributed by atoms with van der Waals surface area (Å²) in [4.78, 5) is 8.95. The van der Waals surface area contributed by atoms with Crippen LogP contribution in [0.3, 0.4) is 0 Å². The molecule has 0 unspecified atom stereocenters. The Morgan fingerprint density at radius 1 is 1.14 bits per heavy atom. The molecule has 2 N–H and O–H groups in total. The van der Waals surface area contributed by atoms with Crippen LogP contribution in [0.4, 0.5) is 0 Å². The zero-order valence-electron chi connectivity index (χ0n) is 16.5. The lowest BCUT2D eigenvalue weighted by atomic mass is 10.2. The van der Waals surface area contributed by atoms with Crippen molar-refractivity contribution < 1.29 is 14.2 Å². The van der Waals surface area contributed by atoms with Gasteiger partial charge in [0.15, 0.2) is 17.5 Å². The molecule has 2 heterocycles. The van der Waals surface area contributed by atoms with Crippen molar-refractivity contribution in [3.63, 3.8) is 0 Å². The summed E-state index contributed by atoms with van der Waals surface area (Å²) in [5.74, 6) is 3.73. The van der Waals surface area contributed by atoms with E-state index in [1.807, 2.05) is 37.3 Å². The van der Waals surface area contributed by atoms with Gasteiger partial charge in [0.05, 0.1) is 13.2 Å². The Morgan fingerprint density at radius 2 is 2.00 bits per heavy atom. The van der Waals surface area contributed by atoms with Crippen molar-refractivity contribution in [2.75, 3.05) is 19.9 Å². The number of nitrogens with one attached hydrogen (secondary N) is 2. The molecule has 0 spiro atoms. The molecular weight excluding hydrogens is 483 g/mol. The number of hydrogen-bond acceptors (Lipinski definition) is 5. The van der Waals surface area contributed by atoms with Gasteiger partial charge in [0.2, 0.25) is 12.7 Å². The number of halogens is 1. The Hall–Kier alpha value is -2.23. The first-order valence-corrected chi connectivity index (χ1v) is 9.78. The van der Waals surface area contributed by atoms with Gasteiger partial charge in [-0.05, 0) is 55.0 Å². The summed E-state index contributed by atoms with van der Waals surface area (Å²) in [5, 5.41) is 6.64. The van der Waals surface area contributed by atoms with Gasteiger partial charge < -0.3 is 24.8 Å². The van der Waals surface area contributed by atoms with Crippen LogP contribution in [-0.2, 0) is 13.1 Å². The highest BCUT2D eigenvalue weighted by Gasteiger charge is 2.22. The lowest BCUT2D eigenvalue weighted by molar-refractivity contribution is 0.174. The first-order valence-electron chi connectivity index (χ1n) is 9.78. The predicted octanol–water partition coefficient (Wildman–Crippen LogP) is 3.47. The maximum atomic E-state index is 5.76. The van der Waals surface area contributed by atoms with Crippen LogP contribution in [0, 0.1) is 5.92 Å². The Morgan fingerprint density at radius 3 is 2.83 bits per heavy atom. The maximum Gasteiger partial charge on any atom is 0.231 e. The van der Waals surface area contributed by atoms with Crippen LogP contribution >= 0.6 is 24.0 Å². The number of ether oxygens (including phenoxy) is 3. The molecule has 0 amide bonds. The lowest BCUT2D eigenvalue weighted by Gasteiger charge is -2.12. The van der Waals surface area contributed by atoms with Crippen molar-refractivity contribution in [3.8, 4) is 17.4 Å². The van der Waals surface area contributed by atoms with Crippen LogP contribution in [0.2, 0.25) is 0 Å². The van der Waals surface area contributed by atoms with E-state index in [-0.39, 0.29) is 30.8 Å². The molecule has 29 heavy (non-hydrogen) atoms. The smallest absolute Gasteiger partial charge is 0.231 e. The summed E-state index contributed by atoms with van der Waals surface area (Å²) >= 11 is 0. The van der Waals surface area contributed by atoms with E-state index < -0.39 is 0 Å². The molecule has 4 rings (SSSR count). The van der Waals surface area contributed by atoms with Crippen LogP contribution in [0.25, 0.3) is 0 Å². The fourth-order valence-corrected chi connectivity index (χ4v) is 2.86. The molecule has 1 aliphatic carbocycles. The van der Waals surface area contributed by atoms with Crippen molar-refractivity contribution in [3.05, 3.63) is 47.7 Å². The van der Waals surface area contributed by atoms with Gasteiger partial charge in [-0.1, -0.05) is 6.07 Å². The number of aliphatic imine (C=N–C) groups is 1. The molecule has 1 saturated carbocycles. The van der Waals surface area contributed by atoms with E-state index in [9.17, 15) is 0 Å². The molecule has 156 valence electrons. The molecule has 1 fully saturated rings. The van der Waals surface area contributed by atoms with Gasteiger partial charge in [-0.15, -0.1) is 24.0 Å². The van der Waals surface area contributed by atoms with E-state index in [4.69, 9.17) is 14.2 Å². The standard InChI is InChI=1S/C21H26N4O3.HI/c1-2-22-21(24-11-16-5-6-18-19(9-16)28-14-27-18)25-12-17-7-8-23-20(10-17)26-13-15-3-4-15;/h5-10,15H,2-4,11-14H2,1H3,(H2,22,24,25);1H. The van der Waals surface area contributed by atoms with Gasteiger partial charge in [0.25, 0.3) is 0 Å². The number of nitrogens with zero attached hydrogens (tertiary/aromatic N) is 2. The molecule has 0 radical (unpaired) electrons. The molecule has 0 atom stereocenters. The minimum absolute atomic E-state index is 0. The number of rotatable bonds is 8. The average molecular weight is 510 g/mol. The van der Waals surface area contributed by atoms with Crippen LogP contribution in [0.15, 0.2) is 41.5 Å². The molecule has 2 aliphatic rings. The van der Waals surface area contributed by atoms with Gasteiger partial charge in [0, 0.05) is 25.4 Å². The van der Waals surface area contributed by atoms with Crippen molar-refractivity contribution >= 4 is 29.9 Å². The molecule has 0 bridgehead atoms. The predicted molar refractivity (Wildman–Crippen MR) is 122 cm³/mol. The third-order valence-electron chi connectivity index (χ3n) is 4.62. The van der Waals surface area contributed by atoms with Crippen LogP contribution < -0.4 is 24.8 Å². The fraction of sp³-hybridized carbons (Fsp3) is 0.429. The number of pyridine rings is 1. The Balaban J connectivity index is 0.00000240. The molecule has 8 heteroatoms. The average Bonchev–Trinajstić information content (AvgIpc) is 3.44. The van der Waals surface area contributed by atoms with Crippen LogP contribution in [-0.4, -0.2) is 30.9 Å². The Bertz CT molecular complexity index is 842. The van der Waals surface area contributed by atoms with Gasteiger partial charge in [-0.25, -0.2) is 9.98 Å². The second-order valence-electron chi connectivity index (χ2n) is 6.99. The SMILES string of the molecule is CCNC(=NCc1ccc2c(c1)OCO2)NCc1ccnc(OCC2CC2)c1.I. The Labute approximate surface area is 188 Å². The second-order valence-corrected chi connectivity index (χ2v) is 6.99. The fourth-order valence-electron chi connectivity index (χ4n) is 2.86. The number of fused-ring (bicyclic) bond motifs is 1. The zero-order chi connectivity index (χ0) is 19.2. The largest absolute Gasteiger partial charge is 0.477 e. The number of hydrogen-bond donors (Lipinski definition) is 2. The topological polar surface area (TPSA) is 77.0 Å². The first-order chi connectivity index (χ1) is 13.8. The van der Waals surface area contributed by atoms with Gasteiger partial charge >= 0.3 is 0 Å². The highest BCUT2D eigenvalue weighted by atomic mass is 127. The van der Waals surface area contributed by atoms with E-state index >= 15 is 0 Å². The third kappa shape index (κ3) is 6.38. The molecule has 1 aliphatic heterocycles. The van der Waals surface area contributed by atoms with Crippen molar-refractivity contribution in [1.29, 1.82) is 0 Å². The summed E-state index contributed by atoms with van der Waals surface area (Å²) in [6.07, 6.45) is 4.33. The van der Waals surface area contributed by atoms with E-state index in [1.165, 1.54) is 12.8 Å². The summed E-state index contributed by atoms with van der Waals surface area (Å²) in [6, 6.07) is 9.87. The van der Waals surface area contributed by atoms with Gasteiger partial charge in [0.1, 0.15) is 0 Å². The van der Waals surface area contributed by atoms with Gasteiger partial charge in [-0.3, -0.25) is 0 Å². The van der Waals surface area contributed by atoms with E-state index in [0.717, 1.165) is 41.7 Å². The quantitative estimate of drug-likeness (QED) is 0.322. The monoisotopic (exact) mass is 510 g/mol. The molecule has 1 aromatic heterocycles.